The molecule has 0 aliphatic carbocycles. The van der Waals surface area contributed by atoms with Gasteiger partial charge in [0.05, 0.1) is 0 Å². The SMILES string of the molecule is Nc1cccc(OCC(=O)OC(F)F)c1. The second-order valence-corrected chi connectivity index (χ2v) is 2.61. The molecule has 0 heterocycles. The first kappa shape index (κ1) is 11.2. The Hall–Kier alpha value is -1.85. The van der Waals surface area contributed by atoms with Gasteiger partial charge in [0, 0.05) is 11.8 Å². The van der Waals surface area contributed by atoms with E-state index in [1.54, 1.807) is 18.2 Å². The van der Waals surface area contributed by atoms with Crippen molar-refractivity contribution in [3.8, 4) is 5.75 Å². The Kier molecular flexibility index (Phi) is 3.84. The number of rotatable bonds is 4. The van der Waals surface area contributed by atoms with E-state index in [4.69, 9.17) is 10.5 Å². The number of carbonyl (C=O) groups excluding carboxylic acids is 1. The van der Waals surface area contributed by atoms with Crippen LogP contribution < -0.4 is 10.5 Å². The summed E-state index contributed by atoms with van der Waals surface area (Å²) in [6, 6.07) is 6.26. The van der Waals surface area contributed by atoms with Crippen LogP contribution in [0.2, 0.25) is 0 Å². The van der Waals surface area contributed by atoms with Crippen LogP contribution in [0.1, 0.15) is 0 Å². The molecule has 0 saturated carbocycles. The lowest BCUT2D eigenvalue weighted by atomic mass is 10.3. The van der Waals surface area contributed by atoms with E-state index >= 15 is 0 Å². The Morgan fingerprint density at radius 1 is 1.47 bits per heavy atom. The number of ether oxygens (including phenoxy) is 2. The molecule has 0 unspecified atom stereocenters. The fourth-order valence-corrected chi connectivity index (χ4v) is 0.880. The Bertz CT molecular complexity index is 344. The van der Waals surface area contributed by atoms with E-state index in [2.05, 4.69) is 4.74 Å². The van der Waals surface area contributed by atoms with Gasteiger partial charge in [-0.1, -0.05) is 6.07 Å². The molecule has 82 valence electrons. The summed E-state index contributed by atoms with van der Waals surface area (Å²) in [4.78, 5) is 10.7. The van der Waals surface area contributed by atoms with E-state index in [9.17, 15) is 13.6 Å². The maximum atomic E-state index is 11.6. The topological polar surface area (TPSA) is 61.5 Å². The molecular formula is C9H9F2NO3. The van der Waals surface area contributed by atoms with Crippen LogP contribution in [-0.2, 0) is 9.53 Å². The molecule has 1 aromatic carbocycles. The predicted octanol–water partition coefficient (Wildman–Crippen LogP) is 1.41. The molecule has 0 amide bonds. The summed E-state index contributed by atoms with van der Waals surface area (Å²) < 4.78 is 31.5. The van der Waals surface area contributed by atoms with E-state index in [0.29, 0.717) is 11.4 Å². The molecule has 0 radical (unpaired) electrons. The number of carbonyl (C=O) groups is 1. The van der Waals surface area contributed by atoms with Crippen LogP contribution in [0.25, 0.3) is 0 Å². The van der Waals surface area contributed by atoms with Crippen LogP contribution in [0.3, 0.4) is 0 Å². The fraction of sp³-hybridized carbons (Fsp3) is 0.222. The van der Waals surface area contributed by atoms with Crippen molar-refractivity contribution in [2.24, 2.45) is 0 Å². The molecule has 0 atom stereocenters. The Morgan fingerprint density at radius 2 is 2.20 bits per heavy atom. The molecule has 0 fully saturated rings. The standard InChI is InChI=1S/C9H9F2NO3/c10-9(11)15-8(13)5-14-7-3-1-2-6(12)4-7/h1-4,9H,5,12H2. The van der Waals surface area contributed by atoms with Crippen molar-refractivity contribution in [2.45, 2.75) is 6.61 Å². The number of alkyl halides is 2. The van der Waals surface area contributed by atoms with E-state index in [0.717, 1.165) is 0 Å². The average molecular weight is 217 g/mol. The molecule has 15 heavy (non-hydrogen) atoms. The van der Waals surface area contributed by atoms with Crippen molar-refractivity contribution < 1.29 is 23.0 Å². The Labute approximate surface area is 84.6 Å². The van der Waals surface area contributed by atoms with Crippen LogP contribution in [0.5, 0.6) is 5.75 Å². The van der Waals surface area contributed by atoms with Crippen LogP contribution in [-0.4, -0.2) is 19.2 Å². The highest BCUT2D eigenvalue weighted by molar-refractivity contribution is 5.71. The van der Waals surface area contributed by atoms with Gasteiger partial charge in [0.1, 0.15) is 5.75 Å². The second-order valence-electron chi connectivity index (χ2n) is 2.61. The lowest BCUT2D eigenvalue weighted by Crippen LogP contribution is -2.17. The lowest BCUT2D eigenvalue weighted by molar-refractivity contribution is -0.178. The highest BCUT2D eigenvalue weighted by Crippen LogP contribution is 2.14. The van der Waals surface area contributed by atoms with E-state index in [1.807, 2.05) is 0 Å². The first-order valence-electron chi connectivity index (χ1n) is 4.04. The van der Waals surface area contributed by atoms with Gasteiger partial charge in [0.15, 0.2) is 6.61 Å². The van der Waals surface area contributed by atoms with Gasteiger partial charge in [-0.25, -0.2) is 4.79 Å². The third kappa shape index (κ3) is 4.26. The number of nitrogens with two attached hydrogens (primary N) is 1. The molecule has 0 aliphatic heterocycles. The van der Waals surface area contributed by atoms with Crippen molar-refractivity contribution in [2.75, 3.05) is 12.3 Å². The zero-order valence-corrected chi connectivity index (χ0v) is 7.65. The molecule has 4 nitrogen and oxygen atoms in total. The van der Waals surface area contributed by atoms with Gasteiger partial charge in [0.2, 0.25) is 0 Å². The molecule has 0 spiro atoms. The number of anilines is 1. The number of halogens is 2. The molecule has 0 aliphatic rings. The summed E-state index contributed by atoms with van der Waals surface area (Å²) in [5.41, 5.74) is 5.88. The smallest absolute Gasteiger partial charge is 0.389 e. The molecular weight excluding hydrogens is 208 g/mol. The predicted molar refractivity (Wildman–Crippen MR) is 48.4 cm³/mol. The summed E-state index contributed by atoms with van der Waals surface area (Å²) in [5, 5.41) is 0. The van der Waals surface area contributed by atoms with E-state index in [1.165, 1.54) is 6.07 Å². The van der Waals surface area contributed by atoms with Gasteiger partial charge >= 0.3 is 12.6 Å². The van der Waals surface area contributed by atoms with Crippen LogP contribution in [0.15, 0.2) is 24.3 Å². The average Bonchev–Trinajstić information content (AvgIpc) is 2.14. The zero-order valence-electron chi connectivity index (χ0n) is 7.65. The number of hydrogen-bond donors (Lipinski definition) is 1. The summed E-state index contributed by atoms with van der Waals surface area (Å²) >= 11 is 0. The lowest BCUT2D eigenvalue weighted by Gasteiger charge is -2.06. The maximum absolute atomic E-state index is 11.6. The Morgan fingerprint density at radius 3 is 2.80 bits per heavy atom. The monoisotopic (exact) mass is 217 g/mol. The van der Waals surface area contributed by atoms with Crippen LogP contribution in [0, 0.1) is 0 Å². The first-order chi connectivity index (χ1) is 7.08. The minimum atomic E-state index is -3.12. The quantitative estimate of drug-likeness (QED) is 0.611. The molecule has 1 rings (SSSR count). The minimum Gasteiger partial charge on any atom is -0.482 e. The molecule has 0 saturated heterocycles. The van der Waals surface area contributed by atoms with Gasteiger partial charge < -0.3 is 15.2 Å². The van der Waals surface area contributed by atoms with Gasteiger partial charge in [-0.3, -0.25) is 0 Å². The van der Waals surface area contributed by atoms with Crippen molar-refractivity contribution in [1.82, 2.24) is 0 Å². The number of benzene rings is 1. The number of nitrogen functional groups attached to an aromatic ring is 1. The zero-order chi connectivity index (χ0) is 11.3. The highest BCUT2D eigenvalue weighted by atomic mass is 19.3. The third-order valence-corrected chi connectivity index (χ3v) is 1.44. The van der Waals surface area contributed by atoms with Crippen molar-refractivity contribution in [1.29, 1.82) is 0 Å². The van der Waals surface area contributed by atoms with Crippen molar-refractivity contribution in [3.63, 3.8) is 0 Å². The molecule has 0 aromatic heterocycles. The van der Waals surface area contributed by atoms with Gasteiger partial charge in [-0.05, 0) is 12.1 Å². The summed E-state index contributed by atoms with van der Waals surface area (Å²) in [5.74, 6) is -0.811. The van der Waals surface area contributed by atoms with Gasteiger partial charge in [-0.2, -0.15) is 8.78 Å². The molecule has 0 bridgehead atoms. The van der Waals surface area contributed by atoms with E-state index < -0.39 is 19.2 Å². The summed E-state index contributed by atoms with van der Waals surface area (Å²) in [6.45, 7) is -3.70. The first-order valence-corrected chi connectivity index (χ1v) is 4.04. The summed E-state index contributed by atoms with van der Waals surface area (Å²) in [6.07, 6.45) is 0. The highest BCUT2D eigenvalue weighted by Gasteiger charge is 2.10. The third-order valence-electron chi connectivity index (χ3n) is 1.44. The number of hydrogen-bond acceptors (Lipinski definition) is 4. The maximum Gasteiger partial charge on any atom is 0.389 e. The van der Waals surface area contributed by atoms with E-state index in [-0.39, 0.29) is 0 Å². The molecule has 1 aromatic rings. The number of esters is 1. The minimum absolute atomic E-state index is 0.321. The molecule has 6 heteroatoms. The van der Waals surface area contributed by atoms with Gasteiger partial charge in [-0.15, -0.1) is 0 Å². The molecule has 2 N–H and O–H groups in total. The fourth-order valence-electron chi connectivity index (χ4n) is 0.880. The van der Waals surface area contributed by atoms with Gasteiger partial charge in [0.25, 0.3) is 0 Å². The largest absolute Gasteiger partial charge is 0.482 e. The van der Waals surface area contributed by atoms with Crippen LogP contribution in [0.4, 0.5) is 14.5 Å². The van der Waals surface area contributed by atoms with Crippen LogP contribution >= 0.6 is 0 Å². The Balaban J connectivity index is 2.40. The second kappa shape index (κ2) is 5.14. The van der Waals surface area contributed by atoms with Crippen molar-refractivity contribution >= 4 is 11.7 Å². The summed E-state index contributed by atoms with van der Waals surface area (Å²) in [7, 11) is 0. The normalized spacial score (nSPS) is 10.1. The van der Waals surface area contributed by atoms with Crippen molar-refractivity contribution in [3.05, 3.63) is 24.3 Å².